The Hall–Kier alpha value is -1.14. The van der Waals surface area contributed by atoms with E-state index in [0.29, 0.717) is 6.61 Å². The summed E-state index contributed by atoms with van der Waals surface area (Å²) in [4.78, 5) is 9.72. The molecule has 0 unspecified atom stereocenters. The van der Waals surface area contributed by atoms with Crippen LogP contribution in [0.15, 0.2) is 11.2 Å². The average molecular weight is 270 g/mol. The first-order chi connectivity index (χ1) is 8.76. The van der Waals surface area contributed by atoms with E-state index >= 15 is 0 Å². The number of rotatable bonds is 7. The molecule has 0 amide bonds. The number of hydrogen-bond acceptors (Lipinski definition) is 4. The van der Waals surface area contributed by atoms with E-state index in [9.17, 15) is 0 Å². The third kappa shape index (κ3) is 5.97. The zero-order valence-electron chi connectivity index (χ0n) is 11.3. The van der Waals surface area contributed by atoms with Gasteiger partial charge in [0.25, 0.3) is 0 Å². The van der Waals surface area contributed by atoms with Crippen molar-refractivity contribution in [3.8, 4) is 0 Å². The lowest BCUT2D eigenvalue weighted by atomic mass is 10.4. The molecule has 0 saturated heterocycles. The van der Waals surface area contributed by atoms with Crippen LogP contribution in [-0.4, -0.2) is 44.3 Å². The molecule has 1 heterocycles. The van der Waals surface area contributed by atoms with Gasteiger partial charge in [0, 0.05) is 44.2 Å². The van der Waals surface area contributed by atoms with Gasteiger partial charge in [0.2, 0.25) is 0 Å². The highest BCUT2D eigenvalue weighted by Crippen LogP contribution is 2.10. The first-order valence-corrected chi connectivity index (χ1v) is 7.01. The predicted molar refractivity (Wildman–Crippen MR) is 76.4 cm³/mol. The Morgan fingerprint density at radius 1 is 1.44 bits per heavy atom. The third-order valence-electron chi connectivity index (χ3n) is 2.27. The van der Waals surface area contributed by atoms with Crippen LogP contribution in [0.5, 0.6) is 0 Å². The summed E-state index contributed by atoms with van der Waals surface area (Å²) in [7, 11) is 1.77. The van der Waals surface area contributed by atoms with Gasteiger partial charge in [0.15, 0.2) is 5.96 Å². The topological polar surface area (TPSA) is 58.5 Å². The van der Waals surface area contributed by atoms with Crippen molar-refractivity contribution >= 4 is 17.3 Å². The van der Waals surface area contributed by atoms with Crippen LogP contribution in [0.2, 0.25) is 0 Å². The van der Waals surface area contributed by atoms with Crippen molar-refractivity contribution in [2.45, 2.75) is 20.3 Å². The highest BCUT2D eigenvalue weighted by Gasteiger charge is 2.00. The zero-order valence-corrected chi connectivity index (χ0v) is 12.1. The van der Waals surface area contributed by atoms with E-state index in [4.69, 9.17) is 4.74 Å². The monoisotopic (exact) mass is 270 g/mol. The molecule has 0 saturated carbocycles. The van der Waals surface area contributed by atoms with Crippen molar-refractivity contribution in [3.63, 3.8) is 0 Å². The molecule has 0 aliphatic rings. The maximum absolute atomic E-state index is 5.25. The van der Waals surface area contributed by atoms with Crippen LogP contribution in [0.4, 0.5) is 0 Å². The molecule has 0 fully saturated rings. The predicted octanol–water partition coefficient (Wildman–Crippen LogP) is 1.20. The summed E-state index contributed by atoms with van der Waals surface area (Å²) in [6, 6.07) is 0. The van der Waals surface area contributed by atoms with Crippen molar-refractivity contribution in [2.75, 3.05) is 33.4 Å². The first kappa shape index (κ1) is 14.9. The standard InChI is InChI=1S/C12H22N4OS/c1-4-17-8-7-15-12(13-3)14-6-5-11-16-9-10(2)18-11/h9H,4-8H2,1-3H3,(H2,13,14,15). The van der Waals surface area contributed by atoms with Crippen LogP contribution in [0.3, 0.4) is 0 Å². The molecular weight excluding hydrogens is 248 g/mol. The second-order valence-corrected chi connectivity index (χ2v) is 5.06. The van der Waals surface area contributed by atoms with E-state index in [-0.39, 0.29) is 0 Å². The molecule has 102 valence electrons. The molecule has 0 bridgehead atoms. The minimum atomic E-state index is 0.697. The minimum absolute atomic E-state index is 0.697. The molecule has 2 N–H and O–H groups in total. The van der Waals surface area contributed by atoms with Crippen LogP contribution in [-0.2, 0) is 11.2 Å². The molecule has 1 aromatic rings. The Balaban J connectivity index is 2.15. The summed E-state index contributed by atoms with van der Waals surface area (Å²) in [5, 5.41) is 7.60. The number of guanidine groups is 1. The van der Waals surface area contributed by atoms with Crippen LogP contribution in [0.1, 0.15) is 16.8 Å². The van der Waals surface area contributed by atoms with Gasteiger partial charge in [-0.15, -0.1) is 11.3 Å². The average Bonchev–Trinajstić information content (AvgIpc) is 2.78. The van der Waals surface area contributed by atoms with Gasteiger partial charge in [-0.25, -0.2) is 4.98 Å². The van der Waals surface area contributed by atoms with Crippen LogP contribution in [0.25, 0.3) is 0 Å². The quantitative estimate of drug-likeness (QED) is 0.444. The zero-order chi connectivity index (χ0) is 13.2. The molecule has 1 aromatic heterocycles. The SMILES string of the molecule is CCOCCNC(=NC)NCCc1ncc(C)s1. The lowest BCUT2D eigenvalue weighted by Gasteiger charge is -2.11. The highest BCUT2D eigenvalue weighted by molar-refractivity contribution is 7.11. The Labute approximate surface area is 113 Å². The molecule has 0 aromatic carbocycles. The molecule has 0 aliphatic carbocycles. The number of hydrogen-bond donors (Lipinski definition) is 2. The summed E-state index contributed by atoms with van der Waals surface area (Å²) in [5.41, 5.74) is 0. The maximum Gasteiger partial charge on any atom is 0.191 e. The number of aromatic nitrogens is 1. The molecule has 1 rings (SSSR count). The summed E-state index contributed by atoms with van der Waals surface area (Å²) < 4.78 is 5.25. The fraction of sp³-hybridized carbons (Fsp3) is 0.667. The van der Waals surface area contributed by atoms with Gasteiger partial charge in [-0.3, -0.25) is 4.99 Å². The minimum Gasteiger partial charge on any atom is -0.380 e. The lowest BCUT2D eigenvalue weighted by molar-refractivity contribution is 0.152. The summed E-state index contributed by atoms with van der Waals surface area (Å²) >= 11 is 1.74. The fourth-order valence-corrected chi connectivity index (χ4v) is 2.20. The molecule has 0 spiro atoms. The second-order valence-electron chi connectivity index (χ2n) is 3.74. The van der Waals surface area contributed by atoms with Crippen molar-refractivity contribution in [2.24, 2.45) is 4.99 Å². The van der Waals surface area contributed by atoms with Gasteiger partial charge in [0.1, 0.15) is 0 Å². The largest absolute Gasteiger partial charge is 0.380 e. The number of aryl methyl sites for hydroxylation is 1. The number of thiazole rings is 1. The van der Waals surface area contributed by atoms with E-state index in [2.05, 4.69) is 27.5 Å². The molecule has 5 nitrogen and oxygen atoms in total. The Bertz CT molecular complexity index is 365. The van der Waals surface area contributed by atoms with E-state index in [1.807, 2.05) is 13.1 Å². The lowest BCUT2D eigenvalue weighted by Crippen LogP contribution is -2.39. The fourth-order valence-electron chi connectivity index (χ4n) is 1.41. The maximum atomic E-state index is 5.25. The van der Waals surface area contributed by atoms with E-state index in [0.717, 1.165) is 37.1 Å². The van der Waals surface area contributed by atoms with E-state index in [1.165, 1.54) is 4.88 Å². The molecule has 6 heteroatoms. The van der Waals surface area contributed by atoms with E-state index in [1.54, 1.807) is 18.4 Å². The molecule has 0 atom stereocenters. The van der Waals surface area contributed by atoms with Crippen LogP contribution >= 0.6 is 11.3 Å². The Morgan fingerprint density at radius 3 is 2.83 bits per heavy atom. The Morgan fingerprint density at radius 2 is 2.22 bits per heavy atom. The second kappa shape index (κ2) is 8.88. The van der Waals surface area contributed by atoms with Gasteiger partial charge in [-0.05, 0) is 13.8 Å². The number of aliphatic imine (C=N–C) groups is 1. The summed E-state index contributed by atoms with van der Waals surface area (Å²) in [6.45, 7) is 7.11. The van der Waals surface area contributed by atoms with Gasteiger partial charge >= 0.3 is 0 Å². The van der Waals surface area contributed by atoms with Crippen LogP contribution in [0, 0.1) is 6.92 Å². The number of nitrogens with one attached hydrogen (secondary N) is 2. The molecule has 18 heavy (non-hydrogen) atoms. The molecular formula is C12H22N4OS. The van der Waals surface area contributed by atoms with Crippen molar-refractivity contribution < 1.29 is 4.74 Å². The first-order valence-electron chi connectivity index (χ1n) is 6.19. The van der Waals surface area contributed by atoms with Crippen molar-refractivity contribution in [1.82, 2.24) is 15.6 Å². The summed E-state index contributed by atoms with van der Waals surface area (Å²) in [6.07, 6.45) is 2.83. The number of ether oxygens (including phenoxy) is 1. The van der Waals surface area contributed by atoms with Gasteiger partial charge in [-0.2, -0.15) is 0 Å². The van der Waals surface area contributed by atoms with Crippen molar-refractivity contribution in [1.29, 1.82) is 0 Å². The third-order valence-corrected chi connectivity index (χ3v) is 3.24. The van der Waals surface area contributed by atoms with Crippen molar-refractivity contribution in [3.05, 3.63) is 16.1 Å². The number of nitrogens with zero attached hydrogens (tertiary/aromatic N) is 2. The smallest absolute Gasteiger partial charge is 0.191 e. The molecule has 0 aliphatic heterocycles. The normalized spacial score (nSPS) is 11.6. The van der Waals surface area contributed by atoms with E-state index < -0.39 is 0 Å². The highest BCUT2D eigenvalue weighted by atomic mass is 32.1. The molecule has 0 radical (unpaired) electrons. The van der Waals surface area contributed by atoms with Gasteiger partial charge in [0.05, 0.1) is 11.6 Å². The van der Waals surface area contributed by atoms with Crippen LogP contribution < -0.4 is 10.6 Å². The summed E-state index contributed by atoms with van der Waals surface area (Å²) in [5.74, 6) is 0.808. The Kier molecular flexibility index (Phi) is 7.36. The van der Waals surface area contributed by atoms with Gasteiger partial charge in [-0.1, -0.05) is 0 Å². The van der Waals surface area contributed by atoms with Gasteiger partial charge < -0.3 is 15.4 Å².